The van der Waals surface area contributed by atoms with Gasteiger partial charge in [-0.3, -0.25) is 4.79 Å². The number of hydrogen-bond donors (Lipinski definition) is 2. The Hall–Kier alpha value is -1.07. The van der Waals surface area contributed by atoms with Crippen LogP contribution in [0.1, 0.15) is 37.8 Å². The van der Waals surface area contributed by atoms with E-state index in [1.165, 1.54) is 11.3 Å². The van der Waals surface area contributed by atoms with Crippen LogP contribution in [0.4, 0.5) is 5.69 Å². The minimum absolute atomic E-state index is 0.181. The Morgan fingerprint density at radius 2 is 2.14 bits per heavy atom. The summed E-state index contributed by atoms with van der Waals surface area (Å²) in [5, 5.41) is 3.25. The largest absolute Gasteiger partial charge is 0.371 e. The fourth-order valence-electron chi connectivity index (χ4n) is 2.88. The molecule has 1 aromatic rings. The third-order valence-electron chi connectivity index (χ3n) is 4.35. The van der Waals surface area contributed by atoms with Crippen molar-refractivity contribution < 1.29 is 4.79 Å². The van der Waals surface area contributed by atoms with Crippen LogP contribution in [-0.4, -0.2) is 26.0 Å². The number of nitrogens with zero attached hydrogens (tertiary/aromatic N) is 1. The molecule has 0 bridgehead atoms. The number of halogens is 1. The van der Waals surface area contributed by atoms with Crippen molar-refractivity contribution in [2.24, 2.45) is 11.7 Å². The molecule has 1 amide bonds. The molecular weight excluding hydrogens is 330 g/mol. The van der Waals surface area contributed by atoms with Gasteiger partial charge in [0.05, 0.1) is 5.69 Å². The van der Waals surface area contributed by atoms with Gasteiger partial charge in [0, 0.05) is 30.0 Å². The first-order valence-electron chi connectivity index (χ1n) is 7.51. The van der Waals surface area contributed by atoms with Gasteiger partial charge >= 0.3 is 0 Å². The average molecular weight is 354 g/mol. The number of benzene rings is 1. The van der Waals surface area contributed by atoms with E-state index >= 15 is 0 Å². The lowest BCUT2D eigenvalue weighted by Gasteiger charge is -2.34. The Morgan fingerprint density at radius 1 is 1.48 bits per heavy atom. The first-order chi connectivity index (χ1) is 10.0. The van der Waals surface area contributed by atoms with E-state index in [0.717, 1.165) is 30.4 Å². The van der Waals surface area contributed by atoms with Gasteiger partial charge in [0.25, 0.3) is 0 Å². The molecule has 3 N–H and O–H groups in total. The minimum Gasteiger partial charge on any atom is -0.371 e. The van der Waals surface area contributed by atoms with Gasteiger partial charge in [-0.1, -0.05) is 6.07 Å². The van der Waals surface area contributed by atoms with Gasteiger partial charge < -0.3 is 16.0 Å². The monoisotopic (exact) mass is 353 g/mol. The van der Waals surface area contributed by atoms with Crippen molar-refractivity contribution in [2.75, 3.05) is 25.0 Å². The lowest BCUT2D eigenvalue weighted by atomic mass is 9.93. The summed E-state index contributed by atoms with van der Waals surface area (Å²) in [5.74, 6) is 0.265. The summed E-state index contributed by atoms with van der Waals surface area (Å²) in [6.45, 7) is 4.12. The zero-order chi connectivity index (χ0) is 15.4. The number of nitrogens with one attached hydrogen (secondary N) is 1. The summed E-state index contributed by atoms with van der Waals surface area (Å²) in [6, 6.07) is 6.89. The van der Waals surface area contributed by atoms with E-state index in [1.807, 2.05) is 7.05 Å². The molecule has 116 valence electrons. The molecule has 0 aliphatic carbocycles. The van der Waals surface area contributed by atoms with E-state index in [-0.39, 0.29) is 5.91 Å². The Morgan fingerprint density at radius 3 is 2.67 bits per heavy atom. The van der Waals surface area contributed by atoms with Gasteiger partial charge in [-0.15, -0.1) is 0 Å². The van der Waals surface area contributed by atoms with Crippen LogP contribution in [0.2, 0.25) is 0 Å². The molecule has 1 atom stereocenters. The lowest BCUT2D eigenvalue weighted by Crippen LogP contribution is -2.35. The maximum Gasteiger partial charge on any atom is 0.217 e. The van der Waals surface area contributed by atoms with E-state index in [2.05, 4.69) is 51.3 Å². The molecule has 1 unspecified atom stereocenters. The number of primary amides is 1. The van der Waals surface area contributed by atoms with Crippen LogP contribution in [-0.2, 0) is 4.79 Å². The highest BCUT2D eigenvalue weighted by molar-refractivity contribution is 9.10. The number of anilines is 1. The topological polar surface area (TPSA) is 58.4 Å². The molecule has 1 aliphatic rings. The number of nitrogens with two attached hydrogens (primary N) is 1. The third-order valence-corrected chi connectivity index (χ3v) is 4.98. The van der Waals surface area contributed by atoms with Crippen LogP contribution in [0.25, 0.3) is 0 Å². The highest BCUT2D eigenvalue weighted by Gasteiger charge is 2.22. The Balaban J connectivity index is 2.02. The standard InChI is InChI=1S/C16H24BrN3O/c1-11(19-2)13-3-4-15(14(17)10-13)20-7-5-12(6-8-20)9-16(18)21/h3-4,10-12,19H,5-9H2,1-2H3,(H2,18,21). The van der Waals surface area contributed by atoms with Crippen molar-refractivity contribution in [2.45, 2.75) is 32.2 Å². The molecule has 0 spiro atoms. The number of carbonyl (C=O) groups is 1. The van der Waals surface area contributed by atoms with Gasteiger partial charge in [-0.05, 0) is 66.4 Å². The van der Waals surface area contributed by atoms with Crippen molar-refractivity contribution in [3.8, 4) is 0 Å². The molecule has 1 heterocycles. The molecule has 2 rings (SSSR count). The summed E-state index contributed by atoms with van der Waals surface area (Å²) in [7, 11) is 1.97. The van der Waals surface area contributed by atoms with Crippen molar-refractivity contribution >= 4 is 27.5 Å². The second-order valence-corrected chi connectivity index (χ2v) is 6.68. The van der Waals surface area contributed by atoms with Crippen LogP contribution in [0.3, 0.4) is 0 Å². The molecule has 0 radical (unpaired) electrons. The number of piperidine rings is 1. The third kappa shape index (κ3) is 4.20. The van der Waals surface area contributed by atoms with E-state index in [9.17, 15) is 4.79 Å². The minimum atomic E-state index is -0.181. The van der Waals surface area contributed by atoms with E-state index in [0.29, 0.717) is 18.4 Å². The number of amides is 1. The molecule has 0 aromatic heterocycles. The van der Waals surface area contributed by atoms with Crippen molar-refractivity contribution in [1.82, 2.24) is 5.32 Å². The molecular formula is C16H24BrN3O. The molecule has 1 fully saturated rings. The van der Waals surface area contributed by atoms with Gasteiger partial charge in [0.15, 0.2) is 0 Å². The summed E-state index contributed by atoms with van der Waals surface area (Å²) in [4.78, 5) is 13.4. The van der Waals surface area contributed by atoms with Gasteiger partial charge in [-0.2, -0.15) is 0 Å². The highest BCUT2D eigenvalue weighted by Crippen LogP contribution is 2.32. The fourth-order valence-corrected chi connectivity index (χ4v) is 3.53. The van der Waals surface area contributed by atoms with E-state index in [4.69, 9.17) is 5.73 Å². The first-order valence-corrected chi connectivity index (χ1v) is 8.30. The Bertz CT molecular complexity index is 498. The maximum absolute atomic E-state index is 11.0. The zero-order valence-electron chi connectivity index (χ0n) is 12.7. The molecule has 1 aliphatic heterocycles. The smallest absolute Gasteiger partial charge is 0.217 e. The Kier molecular flexibility index (Phi) is 5.65. The van der Waals surface area contributed by atoms with Crippen LogP contribution >= 0.6 is 15.9 Å². The van der Waals surface area contributed by atoms with Crippen molar-refractivity contribution in [3.63, 3.8) is 0 Å². The van der Waals surface area contributed by atoms with Gasteiger partial charge in [0.2, 0.25) is 5.91 Å². The van der Waals surface area contributed by atoms with Crippen molar-refractivity contribution in [1.29, 1.82) is 0 Å². The van der Waals surface area contributed by atoms with E-state index in [1.54, 1.807) is 0 Å². The number of hydrogen-bond acceptors (Lipinski definition) is 3. The summed E-state index contributed by atoms with van der Waals surface area (Å²) >= 11 is 3.69. The maximum atomic E-state index is 11.0. The molecule has 1 saturated heterocycles. The van der Waals surface area contributed by atoms with Crippen LogP contribution < -0.4 is 16.0 Å². The van der Waals surface area contributed by atoms with Crippen LogP contribution in [0, 0.1) is 5.92 Å². The number of carbonyl (C=O) groups excluding carboxylic acids is 1. The van der Waals surface area contributed by atoms with Crippen LogP contribution in [0.15, 0.2) is 22.7 Å². The quantitative estimate of drug-likeness (QED) is 0.855. The normalized spacial score (nSPS) is 17.8. The predicted molar refractivity (Wildman–Crippen MR) is 90.4 cm³/mol. The lowest BCUT2D eigenvalue weighted by molar-refractivity contribution is -0.119. The fraction of sp³-hybridized carbons (Fsp3) is 0.562. The second kappa shape index (κ2) is 7.27. The van der Waals surface area contributed by atoms with E-state index < -0.39 is 0 Å². The zero-order valence-corrected chi connectivity index (χ0v) is 14.3. The molecule has 5 heteroatoms. The SMILES string of the molecule is CNC(C)c1ccc(N2CCC(CC(N)=O)CC2)c(Br)c1. The second-order valence-electron chi connectivity index (χ2n) is 5.82. The molecule has 1 aromatic carbocycles. The first kappa shape index (κ1) is 16.3. The summed E-state index contributed by atoms with van der Waals surface area (Å²) in [6.07, 6.45) is 2.59. The molecule has 4 nitrogen and oxygen atoms in total. The average Bonchev–Trinajstić information content (AvgIpc) is 2.47. The summed E-state index contributed by atoms with van der Waals surface area (Å²) < 4.78 is 1.13. The predicted octanol–water partition coefficient (Wildman–Crippen LogP) is 2.82. The molecule has 21 heavy (non-hydrogen) atoms. The summed E-state index contributed by atoms with van der Waals surface area (Å²) in [5.41, 5.74) is 7.80. The van der Waals surface area contributed by atoms with Gasteiger partial charge in [0.1, 0.15) is 0 Å². The number of rotatable bonds is 5. The van der Waals surface area contributed by atoms with Crippen LogP contribution in [0.5, 0.6) is 0 Å². The Labute approximate surface area is 135 Å². The highest BCUT2D eigenvalue weighted by atomic mass is 79.9. The van der Waals surface area contributed by atoms with Crippen molar-refractivity contribution in [3.05, 3.63) is 28.2 Å². The van der Waals surface area contributed by atoms with Gasteiger partial charge in [-0.25, -0.2) is 0 Å². The molecule has 0 saturated carbocycles.